The topological polar surface area (TPSA) is 91.6 Å². The van der Waals surface area contributed by atoms with E-state index in [0.717, 1.165) is 15.7 Å². The number of fused-ring (bicyclic) bond motifs is 1. The monoisotopic (exact) mass is 493 g/mol. The molecule has 1 heterocycles. The van der Waals surface area contributed by atoms with E-state index in [1.54, 1.807) is 24.3 Å². The second-order valence-corrected chi connectivity index (χ2v) is 8.50. The third-order valence-electron chi connectivity index (χ3n) is 5.81. The summed E-state index contributed by atoms with van der Waals surface area (Å²) >= 11 is 6.12. The zero-order chi connectivity index (χ0) is 25.3. The minimum absolute atomic E-state index is 0.182. The molecule has 4 aromatic rings. The van der Waals surface area contributed by atoms with Crippen LogP contribution in [0.15, 0.2) is 64.2 Å². The molecule has 0 radical (unpaired) electrons. The van der Waals surface area contributed by atoms with Crippen LogP contribution < -0.4 is 26.0 Å². The van der Waals surface area contributed by atoms with E-state index >= 15 is 0 Å². The van der Waals surface area contributed by atoms with Crippen molar-refractivity contribution < 1.29 is 14.3 Å². The average Bonchev–Trinajstić information content (AvgIpc) is 2.83. The van der Waals surface area contributed by atoms with Crippen molar-refractivity contribution in [2.24, 2.45) is 0 Å². The summed E-state index contributed by atoms with van der Waals surface area (Å²) in [5.41, 5.74) is 2.00. The third-order valence-corrected chi connectivity index (χ3v) is 6.04. The second kappa shape index (κ2) is 9.68. The van der Waals surface area contributed by atoms with E-state index in [-0.39, 0.29) is 23.1 Å². The van der Waals surface area contributed by atoms with Crippen LogP contribution in [0, 0.1) is 13.8 Å². The number of ether oxygens (including phenoxy) is 2. The van der Waals surface area contributed by atoms with Gasteiger partial charge in [-0.15, -0.1) is 0 Å². The Kier molecular flexibility index (Phi) is 6.66. The van der Waals surface area contributed by atoms with Gasteiger partial charge in [0.05, 0.1) is 30.8 Å². The lowest BCUT2D eigenvalue weighted by molar-refractivity contribution is -0.116. The molecule has 1 aromatic heterocycles. The van der Waals surface area contributed by atoms with E-state index in [9.17, 15) is 14.4 Å². The number of nitrogens with one attached hydrogen (secondary N) is 1. The lowest BCUT2D eigenvalue weighted by Gasteiger charge is -2.16. The Bertz CT molecular complexity index is 1570. The van der Waals surface area contributed by atoms with Crippen molar-refractivity contribution in [3.05, 3.63) is 91.6 Å². The van der Waals surface area contributed by atoms with Gasteiger partial charge in [-0.05, 0) is 61.4 Å². The molecule has 4 rings (SSSR count). The molecule has 35 heavy (non-hydrogen) atoms. The number of carbonyl (C=O) groups excluding carboxylic acids is 1. The molecule has 1 N–H and O–H groups in total. The normalized spacial score (nSPS) is 10.9. The fraction of sp³-hybridized carbons (Fsp3) is 0.192. The maximum atomic E-state index is 13.6. The summed E-state index contributed by atoms with van der Waals surface area (Å²) in [6.45, 7) is 3.59. The predicted molar refractivity (Wildman–Crippen MR) is 136 cm³/mol. The maximum Gasteiger partial charge on any atom is 0.336 e. The fourth-order valence-electron chi connectivity index (χ4n) is 3.85. The number of aryl methyl sites for hydroxylation is 2. The molecule has 180 valence electrons. The van der Waals surface area contributed by atoms with E-state index < -0.39 is 17.2 Å². The van der Waals surface area contributed by atoms with Crippen LogP contribution in [0.25, 0.3) is 16.6 Å². The van der Waals surface area contributed by atoms with E-state index in [4.69, 9.17) is 21.1 Å². The number of rotatable bonds is 6. The Morgan fingerprint density at radius 3 is 2.31 bits per heavy atom. The van der Waals surface area contributed by atoms with Gasteiger partial charge in [0.25, 0.3) is 5.56 Å². The molecule has 0 aliphatic rings. The summed E-state index contributed by atoms with van der Waals surface area (Å²) in [4.78, 5) is 40.0. The largest absolute Gasteiger partial charge is 0.493 e. The van der Waals surface area contributed by atoms with Crippen molar-refractivity contribution in [1.82, 2.24) is 9.13 Å². The van der Waals surface area contributed by atoms with Gasteiger partial charge in [-0.2, -0.15) is 0 Å². The number of nitrogens with zero attached hydrogens (tertiary/aromatic N) is 2. The van der Waals surface area contributed by atoms with Gasteiger partial charge in [-0.3, -0.25) is 14.2 Å². The molecule has 3 aromatic carbocycles. The molecule has 0 atom stereocenters. The van der Waals surface area contributed by atoms with Gasteiger partial charge >= 0.3 is 5.69 Å². The zero-order valence-electron chi connectivity index (χ0n) is 19.7. The summed E-state index contributed by atoms with van der Waals surface area (Å²) < 4.78 is 12.9. The highest BCUT2D eigenvalue weighted by Crippen LogP contribution is 2.30. The molecule has 0 saturated heterocycles. The Morgan fingerprint density at radius 1 is 0.943 bits per heavy atom. The molecular formula is C26H24ClN3O5. The Morgan fingerprint density at radius 2 is 1.66 bits per heavy atom. The third kappa shape index (κ3) is 4.65. The quantitative estimate of drug-likeness (QED) is 0.437. The maximum absolute atomic E-state index is 13.6. The van der Waals surface area contributed by atoms with Gasteiger partial charge in [0.15, 0.2) is 11.5 Å². The summed E-state index contributed by atoms with van der Waals surface area (Å²) in [5, 5.41) is 3.36. The zero-order valence-corrected chi connectivity index (χ0v) is 20.5. The number of amides is 1. The van der Waals surface area contributed by atoms with Gasteiger partial charge in [-0.25, -0.2) is 9.36 Å². The van der Waals surface area contributed by atoms with E-state index in [2.05, 4.69) is 5.32 Å². The number of hydrogen-bond donors (Lipinski definition) is 1. The number of benzene rings is 3. The van der Waals surface area contributed by atoms with Crippen LogP contribution >= 0.6 is 11.6 Å². The number of methoxy groups -OCH3 is 2. The Balaban J connectivity index is 1.91. The molecule has 0 spiro atoms. The highest BCUT2D eigenvalue weighted by molar-refractivity contribution is 6.30. The summed E-state index contributed by atoms with van der Waals surface area (Å²) in [7, 11) is 2.90. The van der Waals surface area contributed by atoms with Crippen molar-refractivity contribution in [2.45, 2.75) is 20.4 Å². The van der Waals surface area contributed by atoms with Gasteiger partial charge < -0.3 is 14.8 Å². The van der Waals surface area contributed by atoms with Crippen molar-refractivity contribution in [3.63, 3.8) is 0 Å². The van der Waals surface area contributed by atoms with Crippen molar-refractivity contribution in [1.29, 1.82) is 0 Å². The van der Waals surface area contributed by atoms with Crippen molar-refractivity contribution in [3.8, 4) is 17.2 Å². The lowest BCUT2D eigenvalue weighted by Crippen LogP contribution is -2.40. The first-order chi connectivity index (χ1) is 16.7. The van der Waals surface area contributed by atoms with Crippen LogP contribution in [0.1, 0.15) is 11.1 Å². The van der Waals surface area contributed by atoms with Crippen LogP contribution in [-0.2, 0) is 11.3 Å². The summed E-state index contributed by atoms with van der Waals surface area (Å²) in [6, 6.07) is 15.0. The van der Waals surface area contributed by atoms with Crippen molar-refractivity contribution >= 4 is 34.1 Å². The lowest BCUT2D eigenvalue weighted by atomic mass is 10.1. The molecule has 0 aliphatic heterocycles. The first-order valence-corrected chi connectivity index (χ1v) is 11.2. The molecular weight excluding hydrogens is 470 g/mol. The molecule has 1 amide bonds. The highest BCUT2D eigenvalue weighted by atomic mass is 35.5. The number of halogens is 1. The second-order valence-electron chi connectivity index (χ2n) is 8.06. The summed E-state index contributed by atoms with van der Waals surface area (Å²) in [5.74, 6) is 0.213. The fourth-order valence-corrected chi connectivity index (χ4v) is 4.04. The number of carbonyl (C=O) groups is 1. The molecule has 0 bridgehead atoms. The first-order valence-electron chi connectivity index (χ1n) is 10.8. The smallest absolute Gasteiger partial charge is 0.336 e. The minimum Gasteiger partial charge on any atom is -0.493 e. The van der Waals surface area contributed by atoms with Crippen LogP contribution in [0.3, 0.4) is 0 Å². The van der Waals surface area contributed by atoms with Gasteiger partial charge in [-0.1, -0.05) is 23.7 Å². The number of hydrogen-bond acceptors (Lipinski definition) is 5. The molecule has 0 saturated carbocycles. The summed E-state index contributed by atoms with van der Waals surface area (Å²) in [6.07, 6.45) is 0. The Labute approximate surface area is 206 Å². The van der Waals surface area contributed by atoms with Gasteiger partial charge in [0.2, 0.25) is 5.91 Å². The number of anilines is 1. The molecule has 9 heteroatoms. The van der Waals surface area contributed by atoms with Crippen LogP contribution in [0.4, 0.5) is 5.69 Å². The highest BCUT2D eigenvalue weighted by Gasteiger charge is 2.20. The number of aromatic nitrogens is 2. The molecule has 8 nitrogen and oxygen atoms in total. The SMILES string of the molecule is COc1cc2c(=O)n(-c3cccc(Cl)c3)c(=O)n(CC(=O)Nc3ccc(C)c(C)c3)c2cc1OC. The first kappa shape index (κ1) is 24.1. The van der Waals surface area contributed by atoms with Crippen LogP contribution in [-0.4, -0.2) is 29.3 Å². The standard InChI is InChI=1S/C26H24ClN3O5/c1-15-8-9-18(10-16(15)2)28-24(31)14-29-21-13-23(35-4)22(34-3)12-20(21)25(32)30(26(29)33)19-7-5-6-17(27)11-19/h5-13H,14H2,1-4H3,(H,28,31). The molecule has 0 fully saturated rings. The van der Waals surface area contributed by atoms with Crippen LogP contribution in [0.5, 0.6) is 11.5 Å². The molecule has 0 aliphatic carbocycles. The van der Waals surface area contributed by atoms with Crippen molar-refractivity contribution in [2.75, 3.05) is 19.5 Å². The minimum atomic E-state index is -0.688. The average molecular weight is 494 g/mol. The van der Waals surface area contributed by atoms with Gasteiger partial charge in [0, 0.05) is 16.8 Å². The van der Waals surface area contributed by atoms with E-state index in [1.165, 1.54) is 37.0 Å². The predicted octanol–water partition coefficient (Wildman–Crippen LogP) is 4.08. The van der Waals surface area contributed by atoms with E-state index in [1.807, 2.05) is 26.0 Å². The van der Waals surface area contributed by atoms with Crippen LogP contribution in [0.2, 0.25) is 5.02 Å². The Hall–Kier alpha value is -4.04. The molecule has 0 unspecified atom stereocenters. The van der Waals surface area contributed by atoms with Gasteiger partial charge in [0.1, 0.15) is 6.54 Å². The van der Waals surface area contributed by atoms with E-state index in [0.29, 0.717) is 22.2 Å².